The van der Waals surface area contributed by atoms with Crippen LogP contribution in [0.2, 0.25) is 0 Å². The molecule has 146 valence electrons. The highest BCUT2D eigenvalue weighted by Crippen LogP contribution is 2.19. The highest BCUT2D eigenvalue weighted by atomic mass is 32.2. The van der Waals surface area contributed by atoms with E-state index in [4.69, 9.17) is 9.26 Å². The number of aryl methyl sites for hydroxylation is 1. The molecule has 1 heterocycles. The van der Waals surface area contributed by atoms with Gasteiger partial charge in [0.1, 0.15) is 11.5 Å². The van der Waals surface area contributed by atoms with E-state index in [0.29, 0.717) is 18.1 Å². The van der Waals surface area contributed by atoms with Crippen LogP contribution in [0.1, 0.15) is 32.1 Å². The van der Waals surface area contributed by atoms with E-state index in [2.05, 4.69) is 15.8 Å². The van der Waals surface area contributed by atoms with Gasteiger partial charge in [-0.25, -0.2) is 0 Å². The number of ether oxygens (including phenoxy) is 1. The van der Waals surface area contributed by atoms with E-state index in [9.17, 15) is 9.59 Å². The summed E-state index contributed by atoms with van der Waals surface area (Å²) in [6, 6.07) is 9.24. The Morgan fingerprint density at radius 1 is 1.26 bits per heavy atom. The first-order chi connectivity index (χ1) is 12.8. The molecular formula is C19H25N3O4S. The molecular weight excluding hydrogens is 366 g/mol. The fraction of sp³-hybridized carbons (Fsp3) is 0.421. The van der Waals surface area contributed by atoms with Crippen LogP contribution in [0.4, 0.5) is 5.82 Å². The van der Waals surface area contributed by atoms with Gasteiger partial charge in [-0.05, 0) is 33.8 Å². The lowest BCUT2D eigenvalue weighted by molar-refractivity contribution is -0.118. The average molecular weight is 391 g/mol. The van der Waals surface area contributed by atoms with Crippen LogP contribution in [0, 0.1) is 6.92 Å². The van der Waals surface area contributed by atoms with Gasteiger partial charge in [-0.3, -0.25) is 9.59 Å². The van der Waals surface area contributed by atoms with Gasteiger partial charge in [0.05, 0.1) is 17.1 Å². The Kier molecular flexibility index (Phi) is 7.72. The van der Waals surface area contributed by atoms with Gasteiger partial charge in [0, 0.05) is 18.2 Å². The van der Waals surface area contributed by atoms with Crippen LogP contribution in [0.15, 0.2) is 34.9 Å². The van der Waals surface area contributed by atoms with Crippen molar-refractivity contribution in [3.63, 3.8) is 0 Å². The smallest absolute Gasteiger partial charge is 0.238 e. The molecule has 0 aliphatic carbocycles. The lowest BCUT2D eigenvalue weighted by Gasteiger charge is -2.15. The van der Waals surface area contributed by atoms with Crippen LogP contribution in [0.3, 0.4) is 0 Å². The van der Waals surface area contributed by atoms with Gasteiger partial charge in [0.2, 0.25) is 11.8 Å². The van der Waals surface area contributed by atoms with Crippen LogP contribution in [-0.4, -0.2) is 34.1 Å². The number of carbonyl (C=O) groups excluding carboxylic acids is 2. The second-order valence-corrected chi connectivity index (χ2v) is 7.65. The van der Waals surface area contributed by atoms with Crippen molar-refractivity contribution in [1.82, 2.24) is 10.5 Å². The van der Waals surface area contributed by atoms with Crippen molar-refractivity contribution in [2.24, 2.45) is 0 Å². The van der Waals surface area contributed by atoms with Gasteiger partial charge in [0.25, 0.3) is 0 Å². The van der Waals surface area contributed by atoms with Gasteiger partial charge in [-0.2, -0.15) is 0 Å². The number of nitrogens with one attached hydrogen (secondary N) is 2. The van der Waals surface area contributed by atoms with Crippen LogP contribution >= 0.6 is 11.8 Å². The number of hydrogen-bond donors (Lipinski definition) is 2. The molecule has 1 atom stereocenters. The number of benzene rings is 1. The van der Waals surface area contributed by atoms with Crippen molar-refractivity contribution in [3.05, 3.63) is 41.7 Å². The standard InChI is InChI=1S/C19H25N3O4S/c1-12(2)25-16-8-6-5-7-15(16)10-20-18(23)11-27-14(4)19(24)21-17-9-13(3)26-22-17/h5-9,12,14H,10-11H2,1-4H3,(H,20,23)(H,21,22,24). The zero-order chi connectivity index (χ0) is 19.8. The average Bonchev–Trinajstić information content (AvgIpc) is 3.03. The van der Waals surface area contributed by atoms with Crippen molar-refractivity contribution >= 4 is 29.4 Å². The third-order valence-electron chi connectivity index (χ3n) is 3.52. The minimum atomic E-state index is -0.399. The molecule has 2 rings (SSSR count). The van der Waals surface area contributed by atoms with Crippen LogP contribution in [0.5, 0.6) is 5.75 Å². The zero-order valence-electron chi connectivity index (χ0n) is 15.9. The SMILES string of the molecule is Cc1cc(NC(=O)C(C)SCC(=O)NCc2ccccc2OC(C)C)no1. The quantitative estimate of drug-likeness (QED) is 0.682. The molecule has 8 heteroatoms. The van der Waals surface area contributed by atoms with Gasteiger partial charge in [-0.15, -0.1) is 11.8 Å². The highest BCUT2D eigenvalue weighted by molar-refractivity contribution is 8.01. The van der Waals surface area contributed by atoms with Crippen LogP contribution < -0.4 is 15.4 Å². The second-order valence-electron chi connectivity index (χ2n) is 6.32. The summed E-state index contributed by atoms with van der Waals surface area (Å²) in [5.41, 5.74) is 0.914. The molecule has 0 aliphatic heterocycles. The number of para-hydroxylation sites is 1. The molecule has 1 aromatic heterocycles. The molecule has 1 aromatic carbocycles. The maximum Gasteiger partial charge on any atom is 0.238 e. The Bertz CT molecular complexity index is 776. The molecule has 0 fully saturated rings. The Morgan fingerprint density at radius 3 is 2.67 bits per heavy atom. The van der Waals surface area contributed by atoms with E-state index >= 15 is 0 Å². The van der Waals surface area contributed by atoms with Crippen molar-refractivity contribution in [1.29, 1.82) is 0 Å². The van der Waals surface area contributed by atoms with Gasteiger partial charge < -0.3 is 19.9 Å². The van der Waals surface area contributed by atoms with E-state index < -0.39 is 5.25 Å². The summed E-state index contributed by atoms with van der Waals surface area (Å²) in [6.07, 6.45) is 0.0604. The van der Waals surface area contributed by atoms with Gasteiger partial charge in [-0.1, -0.05) is 23.4 Å². The highest BCUT2D eigenvalue weighted by Gasteiger charge is 2.17. The first-order valence-electron chi connectivity index (χ1n) is 8.72. The van der Waals surface area contributed by atoms with Crippen molar-refractivity contribution in [2.45, 2.75) is 45.6 Å². The monoisotopic (exact) mass is 391 g/mol. The first-order valence-corrected chi connectivity index (χ1v) is 9.77. The third-order valence-corrected chi connectivity index (χ3v) is 4.67. The fourth-order valence-electron chi connectivity index (χ4n) is 2.19. The van der Waals surface area contributed by atoms with E-state index in [0.717, 1.165) is 11.3 Å². The number of thioether (sulfide) groups is 1. The van der Waals surface area contributed by atoms with Crippen molar-refractivity contribution in [3.8, 4) is 5.75 Å². The van der Waals surface area contributed by atoms with E-state index in [1.807, 2.05) is 38.1 Å². The Hall–Kier alpha value is -2.48. The summed E-state index contributed by atoms with van der Waals surface area (Å²) in [7, 11) is 0. The summed E-state index contributed by atoms with van der Waals surface area (Å²) in [5, 5.41) is 8.84. The molecule has 0 saturated carbocycles. The number of carbonyl (C=O) groups is 2. The summed E-state index contributed by atoms with van der Waals surface area (Å²) < 4.78 is 10.6. The van der Waals surface area contributed by atoms with Gasteiger partial charge >= 0.3 is 0 Å². The molecule has 0 saturated heterocycles. The largest absolute Gasteiger partial charge is 0.491 e. The first kappa shape index (κ1) is 20.8. The Labute approximate surface area is 163 Å². The predicted octanol–water partition coefficient (Wildman–Crippen LogP) is 3.15. The maximum atomic E-state index is 12.1. The molecule has 0 spiro atoms. The van der Waals surface area contributed by atoms with E-state index in [-0.39, 0.29) is 23.7 Å². The topological polar surface area (TPSA) is 93.5 Å². The van der Waals surface area contributed by atoms with E-state index in [1.165, 1.54) is 11.8 Å². The number of nitrogens with zero attached hydrogens (tertiary/aromatic N) is 1. The van der Waals surface area contributed by atoms with Crippen molar-refractivity contribution in [2.75, 3.05) is 11.1 Å². The molecule has 0 bridgehead atoms. The third kappa shape index (κ3) is 6.97. The van der Waals surface area contributed by atoms with Crippen LogP contribution in [0.25, 0.3) is 0 Å². The molecule has 1 unspecified atom stereocenters. The maximum absolute atomic E-state index is 12.1. The lowest BCUT2D eigenvalue weighted by Crippen LogP contribution is -2.28. The Balaban J connectivity index is 1.76. The molecule has 2 amide bonds. The molecule has 2 aromatic rings. The molecule has 0 radical (unpaired) electrons. The zero-order valence-corrected chi connectivity index (χ0v) is 16.8. The summed E-state index contributed by atoms with van der Waals surface area (Å²) >= 11 is 1.25. The predicted molar refractivity (Wildman–Crippen MR) is 106 cm³/mol. The number of amides is 2. The number of hydrogen-bond acceptors (Lipinski definition) is 6. The Morgan fingerprint density at radius 2 is 2.00 bits per heavy atom. The number of anilines is 1. The molecule has 7 nitrogen and oxygen atoms in total. The molecule has 27 heavy (non-hydrogen) atoms. The number of aromatic nitrogens is 1. The minimum Gasteiger partial charge on any atom is -0.491 e. The normalized spacial score (nSPS) is 11.9. The minimum absolute atomic E-state index is 0.0604. The van der Waals surface area contributed by atoms with Crippen molar-refractivity contribution < 1.29 is 18.8 Å². The van der Waals surface area contributed by atoms with Crippen LogP contribution in [-0.2, 0) is 16.1 Å². The fourth-order valence-corrected chi connectivity index (χ4v) is 2.91. The van der Waals surface area contributed by atoms with Gasteiger partial charge in [0.15, 0.2) is 5.82 Å². The summed E-state index contributed by atoms with van der Waals surface area (Å²) in [4.78, 5) is 24.2. The summed E-state index contributed by atoms with van der Waals surface area (Å²) in [6.45, 7) is 7.78. The lowest BCUT2D eigenvalue weighted by atomic mass is 10.2. The molecule has 2 N–H and O–H groups in total. The second kappa shape index (κ2) is 10.0. The van der Waals surface area contributed by atoms with E-state index in [1.54, 1.807) is 19.9 Å². The summed E-state index contributed by atoms with van der Waals surface area (Å²) in [5.74, 6) is 1.56. The molecule has 0 aliphatic rings. The number of rotatable bonds is 9.